The number of rotatable bonds is 2. The van der Waals surface area contributed by atoms with Crippen LogP contribution in [-0.4, -0.2) is 30.2 Å². The van der Waals surface area contributed by atoms with Gasteiger partial charge in [0, 0.05) is 23.4 Å². The van der Waals surface area contributed by atoms with Crippen LogP contribution >= 0.6 is 11.8 Å². The van der Waals surface area contributed by atoms with E-state index in [0.717, 1.165) is 31.0 Å². The summed E-state index contributed by atoms with van der Waals surface area (Å²) in [5, 5.41) is 3.16. The third-order valence-electron chi connectivity index (χ3n) is 3.16. The van der Waals surface area contributed by atoms with Crippen LogP contribution in [0.25, 0.3) is 0 Å². The monoisotopic (exact) mass is 263 g/mol. The summed E-state index contributed by atoms with van der Waals surface area (Å²) in [5.74, 6) is -0.967. The maximum absolute atomic E-state index is 11.5. The Morgan fingerprint density at radius 3 is 2.78 bits per heavy atom. The van der Waals surface area contributed by atoms with Gasteiger partial charge in [0.15, 0.2) is 0 Å². The highest BCUT2D eigenvalue weighted by molar-refractivity contribution is 8.00. The number of ether oxygens (including phenoxy) is 1. The Bertz CT molecular complexity index is 509. The zero-order chi connectivity index (χ0) is 12.5. The summed E-state index contributed by atoms with van der Waals surface area (Å²) in [6.07, 6.45) is 2.10. The molecule has 94 valence electrons. The van der Waals surface area contributed by atoms with Crippen molar-refractivity contribution in [2.24, 2.45) is 0 Å². The fourth-order valence-corrected chi connectivity index (χ4v) is 3.33. The van der Waals surface area contributed by atoms with E-state index in [2.05, 4.69) is 5.32 Å². The highest BCUT2D eigenvalue weighted by atomic mass is 32.2. The molecule has 0 bridgehead atoms. The highest BCUT2D eigenvalue weighted by Crippen LogP contribution is 2.33. The van der Waals surface area contributed by atoms with Crippen molar-refractivity contribution in [3.05, 3.63) is 23.8 Å². The van der Waals surface area contributed by atoms with Crippen molar-refractivity contribution in [1.29, 1.82) is 0 Å². The Morgan fingerprint density at radius 1 is 1.22 bits per heavy atom. The van der Waals surface area contributed by atoms with Crippen LogP contribution < -0.4 is 5.32 Å². The molecule has 0 aliphatic carbocycles. The standard InChI is InChI=1S/C13H13NO3S/c15-12-10-2-1-9(7-11(10)14-13(12)16)18-8-3-5-17-6-4-8/h1-2,7-8H,3-6H2,(H,14,15,16). The van der Waals surface area contributed by atoms with Gasteiger partial charge in [-0.05, 0) is 31.0 Å². The third kappa shape index (κ3) is 2.15. The summed E-state index contributed by atoms with van der Waals surface area (Å²) in [6.45, 7) is 1.63. The molecule has 0 spiro atoms. The van der Waals surface area contributed by atoms with E-state index in [9.17, 15) is 9.59 Å². The number of fused-ring (bicyclic) bond motifs is 1. The molecule has 1 amide bonds. The van der Waals surface area contributed by atoms with E-state index in [0.29, 0.717) is 16.5 Å². The van der Waals surface area contributed by atoms with E-state index in [1.54, 1.807) is 17.8 Å². The summed E-state index contributed by atoms with van der Waals surface area (Å²) < 4.78 is 5.32. The van der Waals surface area contributed by atoms with E-state index >= 15 is 0 Å². The molecule has 18 heavy (non-hydrogen) atoms. The average molecular weight is 263 g/mol. The topological polar surface area (TPSA) is 55.4 Å². The molecule has 1 aromatic rings. The Labute approximate surface area is 109 Å². The molecule has 1 saturated heterocycles. The molecule has 2 aliphatic heterocycles. The molecule has 0 saturated carbocycles. The van der Waals surface area contributed by atoms with E-state index in [1.165, 1.54) is 0 Å². The van der Waals surface area contributed by atoms with Crippen LogP contribution in [0.5, 0.6) is 0 Å². The van der Waals surface area contributed by atoms with E-state index in [1.807, 2.05) is 12.1 Å². The van der Waals surface area contributed by atoms with Crippen molar-refractivity contribution in [3.8, 4) is 0 Å². The van der Waals surface area contributed by atoms with Gasteiger partial charge in [0.2, 0.25) is 0 Å². The maximum Gasteiger partial charge on any atom is 0.296 e. The van der Waals surface area contributed by atoms with Gasteiger partial charge in [-0.3, -0.25) is 9.59 Å². The number of thioether (sulfide) groups is 1. The lowest BCUT2D eigenvalue weighted by Crippen LogP contribution is -2.17. The number of carbonyl (C=O) groups is 2. The van der Waals surface area contributed by atoms with Crippen molar-refractivity contribution in [2.45, 2.75) is 23.0 Å². The second kappa shape index (κ2) is 4.74. The quantitative estimate of drug-likeness (QED) is 0.830. The number of amides is 1. The molecule has 5 heteroatoms. The molecule has 0 unspecified atom stereocenters. The zero-order valence-corrected chi connectivity index (χ0v) is 10.6. The molecule has 1 fully saturated rings. The molecular weight excluding hydrogens is 250 g/mol. The first-order chi connectivity index (χ1) is 8.74. The number of carbonyl (C=O) groups excluding carboxylic acids is 2. The Kier molecular flexibility index (Phi) is 3.09. The third-order valence-corrected chi connectivity index (χ3v) is 4.49. The number of nitrogens with one attached hydrogen (secondary N) is 1. The van der Waals surface area contributed by atoms with Crippen molar-refractivity contribution in [3.63, 3.8) is 0 Å². The molecule has 3 rings (SSSR count). The normalized spacial score (nSPS) is 19.8. The van der Waals surface area contributed by atoms with Crippen molar-refractivity contribution < 1.29 is 14.3 Å². The second-order valence-electron chi connectivity index (χ2n) is 4.42. The SMILES string of the molecule is O=C1Nc2cc(SC3CCOCC3)ccc2C1=O. The number of hydrogen-bond donors (Lipinski definition) is 1. The molecular formula is C13H13NO3S. The molecule has 0 aromatic heterocycles. The highest BCUT2D eigenvalue weighted by Gasteiger charge is 2.28. The number of ketones is 1. The summed E-state index contributed by atoms with van der Waals surface area (Å²) in [4.78, 5) is 23.8. The zero-order valence-electron chi connectivity index (χ0n) is 9.77. The number of hydrogen-bond acceptors (Lipinski definition) is 4. The van der Waals surface area contributed by atoms with Gasteiger partial charge in [0.1, 0.15) is 0 Å². The van der Waals surface area contributed by atoms with Gasteiger partial charge in [-0.25, -0.2) is 0 Å². The summed E-state index contributed by atoms with van der Waals surface area (Å²) >= 11 is 1.79. The smallest absolute Gasteiger partial charge is 0.296 e. The number of Topliss-reactive ketones (excluding diaryl/α,β-unsaturated/α-hetero) is 1. The molecule has 1 N–H and O–H groups in total. The van der Waals surface area contributed by atoms with Gasteiger partial charge in [0.05, 0.1) is 11.3 Å². The van der Waals surface area contributed by atoms with Crippen LogP contribution in [0.4, 0.5) is 5.69 Å². The lowest BCUT2D eigenvalue weighted by atomic mass is 10.1. The Hall–Kier alpha value is -1.33. The van der Waals surface area contributed by atoms with Crippen LogP contribution in [0, 0.1) is 0 Å². The first-order valence-electron chi connectivity index (χ1n) is 5.98. The minimum absolute atomic E-state index is 0.437. The predicted molar refractivity (Wildman–Crippen MR) is 69.1 cm³/mol. The first-order valence-corrected chi connectivity index (χ1v) is 6.86. The van der Waals surface area contributed by atoms with Gasteiger partial charge in [-0.15, -0.1) is 11.8 Å². The van der Waals surface area contributed by atoms with Crippen LogP contribution in [0.15, 0.2) is 23.1 Å². The largest absolute Gasteiger partial charge is 0.381 e. The summed E-state index contributed by atoms with van der Waals surface area (Å²) in [7, 11) is 0. The van der Waals surface area contributed by atoms with Crippen LogP contribution in [0.2, 0.25) is 0 Å². The van der Waals surface area contributed by atoms with Crippen molar-refractivity contribution in [1.82, 2.24) is 0 Å². The van der Waals surface area contributed by atoms with Crippen LogP contribution in [-0.2, 0) is 9.53 Å². The van der Waals surface area contributed by atoms with Gasteiger partial charge < -0.3 is 10.1 Å². The van der Waals surface area contributed by atoms with Gasteiger partial charge in [-0.2, -0.15) is 0 Å². The number of benzene rings is 1. The molecule has 0 atom stereocenters. The second-order valence-corrected chi connectivity index (χ2v) is 5.79. The van der Waals surface area contributed by atoms with Gasteiger partial charge >= 0.3 is 0 Å². The predicted octanol–water partition coefficient (Wildman–Crippen LogP) is 2.09. The Balaban J connectivity index is 1.77. The molecule has 2 heterocycles. The fourth-order valence-electron chi connectivity index (χ4n) is 2.19. The van der Waals surface area contributed by atoms with E-state index in [-0.39, 0.29) is 0 Å². The molecule has 4 nitrogen and oxygen atoms in total. The minimum Gasteiger partial charge on any atom is -0.381 e. The fraction of sp³-hybridized carbons (Fsp3) is 0.385. The average Bonchev–Trinajstić information content (AvgIpc) is 2.66. The van der Waals surface area contributed by atoms with Crippen molar-refractivity contribution >= 4 is 29.1 Å². The first kappa shape index (κ1) is 11.7. The lowest BCUT2D eigenvalue weighted by Gasteiger charge is -2.21. The Morgan fingerprint density at radius 2 is 2.00 bits per heavy atom. The maximum atomic E-state index is 11.5. The number of anilines is 1. The molecule has 1 aromatic carbocycles. The van der Waals surface area contributed by atoms with E-state index in [4.69, 9.17) is 4.74 Å². The molecule has 0 radical (unpaired) electrons. The van der Waals surface area contributed by atoms with Crippen molar-refractivity contribution in [2.75, 3.05) is 18.5 Å². The summed E-state index contributed by atoms with van der Waals surface area (Å²) in [6, 6.07) is 5.53. The van der Waals surface area contributed by atoms with Gasteiger partial charge in [-0.1, -0.05) is 0 Å². The lowest BCUT2D eigenvalue weighted by molar-refractivity contribution is -0.112. The molecule has 2 aliphatic rings. The van der Waals surface area contributed by atoms with E-state index < -0.39 is 11.7 Å². The van der Waals surface area contributed by atoms with Crippen LogP contribution in [0.1, 0.15) is 23.2 Å². The van der Waals surface area contributed by atoms with Gasteiger partial charge in [0.25, 0.3) is 11.7 Å². The minimum atomic E-state index is -0.529. The van der Waals surface area contributed by atoms with Crippen LogP contribution in [0.3, 0.4) is 0 Å². The summed E-state index contributed by atoms with van der Waals surface area (Å²) in [5.41, 5.74) is 1.12.